The highest BCUT2D eigenvalue weighted by molar-refractivity contribution is 7.14. The molecule has 1 heterocycles. The number of nitrogens with one attached hydrogen (secondary N) is 1. The number of Topliss-reactive ketones (excluding diaryl/α,β-unsaturated/α-hetero) is 1. The van der Waals surface area contributed by atoms with Crippen LogP contribution in [0.1, 0.15) is 15.9 Å². The largest absolute Gasteiger partial charge is 0.363 e. The summed E-state index contributed by atoms with van der Waals surface area (Å²) in [6.45, 7) is 0. The number of hydrogen-bond acceptors (Lipinski definition) is 4. The predicted octanol–water partition coefficient (Wildman–Crippen LogP) is 2.81. The fourth-order valence-electron chi connectivity index (χ4n) is 2.77. The molecule has 0 bridgehead atoms. The van der Waals surface area contributed by atoms with Gasteiger partial charge in [-0.25, -0.2) is 0 Å². The van der Waals surface area contributed by atoms with Crippen LogP contribution in [0.4, 0.5) is 0 Å². The Bertz CT molecular complexity index is 952. The summed E-state index contributed by atoms with van der Waals surface area (Å²) >= 11 is 1.44. The molecule has 27 heavy (non-hydrogen) atoms. The van der Waals surface area contributed by atoms with Crippen LogP contribution in [0.25, 0.3) is 10.4 Å². The van der Waals surface area contributed by atoms with Gasteiger partial charge in [-0.3, -0.25) is 14.4 Å². The molecule has 1 aromatic heterocycles. The molecule has 6 heteroatoms. The molecule has 0 radical (unpaired) electrons. The summed E-state index contributed by atoms with van der Waals surface area (Å²) in [6.07, 6.45) is 0.194. The van der Waals surface area contributed by atoms with Crippen LogP contribution < -0.4 is 11.1 Å². The number of carbonyl (C=O) groups is 3. The quantitative estimate of drug-likeness (QED) is 0.620. The van der Waals surface area contributed by atoms with Gasteiger partial charge in [0.1, 0.15) is 6.04 Å². The molecule has 0 aliphatic carbocycles. The van der Waals surface area contributed by atoms with Crippen molar-refractivity contribution >= 4 is 28.9 Å². The third-order valence-electron chi connectivity index (χ3n) is 4.09. The van der Waals surface area contributed by atoms with Gasteiger partial charge in [-0.2, -0.15) is 0 Å². The highest BCUT2D eigenvalue weighted by Crippen LogP contribution is 2.29. The van der Waals surface area contributed by atoms with E-state index in [1.165, 1.54) is 11.3 Å². The zero-order valence-electron chi connectivity index (χ0n) is 14.4. The fraction of sp³-hybridized carbons (Fsp3) is 0.0952. The molecule has 0 aliphatic heterocycles. The van der Waals surface area contributed by atoms with Gasteiger partial charge in [-0.15, -0.1) is 11.3 Å². The zero-order valence-corrected chi connectivity index (χ0v) is 15.2. The van der Waals surface area contributed by atoms with E-state index in [1.807, 2.05) is 66.0 Å². The van der Waals surface area contributed by atoms with Crippen molar-refractivity contribution < 1.29 is 14.4 Å². The number of nitrogens with two attached hydrogens (primary N) is 1. The first-order valence-corrected chi connectivity index (χ1v) is 9.25. The van der Waals surface area contributed by atoms with E-state index in [1.54, 1.807) is 6.07 Å². The summed E-state index contributed by atoms with van der Waals surface area (Å²) in [5.74, 6) is -2.29. The molecule has 0 aliphatic rings. The Kier molecular flexibility index (Phi) is 5.78. The van der Waals surface area contributed by atoms with Crippen LogP contribution in [-0.4, -0.2) is 23.6 Å². The first-order chi connectivity index (χ1) is 13.1. The molecule has 2 aromatic carbocycles. The molecule has 0 fully saturated rings. The van der Waals surface area contributed by atoms with Crippen molar-refractivity contribution in [3.63, 3.8) is 0 Å². The van der Waals surface area contributed by atoms with Crippen molar-refractivity contribution in [2.45, 2.75) is 12.5 Å². The van der Waals surface area contributed by atoms with Gasteiger partial charge in [-0.1, -0.05) is 60.7 Å². The molecule has 3 rings (SSSR count). The van der Waals surface area contributed by atoms with Gasteiger partial charge in [0.15, 0.2) is 0 Å². The zero-order chi connectivity index (χ0) is 19.2. The molecular formula is C21H18N2O3S. The lowest BCUT2D eigenvalue weighted by Gasteiger charge is -2.16. The van der Waals surface area contributed by atoms with Crippen molar-refractivity contribution in [1.29, 1.82) is 0 Å². The van der Waals surface area contributed by atoms with Crippen LogP contribution in [0.2, 0.25) is 0 Å². The van der Waals surface area contributed by atoms with E-state index < -0.39 is 23.6 Å². The number of rotatable bonds is 7. The third kappa shape index (κ3) is 4.48. The molecule has 1 atom stereocenters. The van der Waals surface area contributed by atoms with E-state index in [4.69, 9.17) is 5.73 Å². The SMILES string of the molecule is NC(=O)C(=O)C(Cc1ccccc1)NC(=O)c1ccsc1-c1ccccc1. The second kappa shape index (κ2) is 8.42. The first kappa shape index (κ1) is 18.5. The van der Waals surface area contributed by atoms with Crippen LogP contribution in [0.3, 0.4) is 0 Å². The molecule has 0 spiro atoms. The van der Waals surface area contributed by atoms with E-state index in [2.05, 4.69) is 5.32 Å². The Balaban J connectivity index is 1.84. The number of hydrogen-bond donors (Lipinski definition) is 2. The normalized spacial score (nSPS) is 11.6. The lowest BCUT2D eigenvalue weighted by Crippen LogP contribution is -2.47. The summed E-state index contributed by atoms with van der Waals surface area (Å²) in [4.78, 5) is 37.3. The summed E-state index contributed by atoms with van der Waals surface area (Å²) in [5.41, 5.74) is 7.37. The van der Waals surface area contributed by atoms with Crippen LogP contribution in [0.15, 0.2) is 72.1 Å². The number of amides is 2. The Morgan fingerprint density at radius 2 is 1.56 bits per heavy atom. The van der Waals surface area contributed by atoms with Gasteiger partial charge in [0.25, 0.3) is 11.8 Å². The van der Waals surface area contributed by atoms with Gasteiger partial charge < -0.3 is 11.1 Å². The minimum Gasteiger partial charge on any atom is -0.363 e. The van der Waals surface area contributed by atoms with Crippen molar-refractivity contribution in [1.82, 2.24) is 5.32 Å². The van der Waals surface area contributed by atoms with Crippen LogP contribution in [0, 0.1) is 0 Å². The first-order valence-electron chi connectivity index (χ1n) is 8.37. The highest BCUT2D eigenvalue weighted by Gasteiger charge is 2.27. The van der Waals surface area contributed by atoms with Crippen molar-refractivity contribution in [2.75, 3.05) is 0 Å². The van der Waals surface area contributed by atoms with Crippen molar-refractivity contribution in [3.8, 4) is 10.4 Å². The van der Waals surface area contributed by atoms with Gasteiger partial charge >= 0.3 is 0 Å². The molecule has 136 valence electrons. The Morgan fingerprint density at radius 3 is 2.19 bits per heavy atom. The second-order valence-electron chi connectivity index (χ2n) is 5.97. The maximum Gasteiger partial charge on any atom is 0.287 e. The number of ketones is 1. The van der Waals surface area contributed by atoms with E-state index >= 15 is 0 Å². The van der Waals surface area contributed by atoms with Gasteiger partial charge in [0.2, 0.25) is 5.78 Å². The topological polar surface area (TPSA) is 89.3 Å². The Hall–Kier alpha value is -3.25. The summed E-state index contributed by atoms with van der Waals surface area (Å²) in [6, 6.07) is 19.4. The van der Waals surface area contributed by atoms with Gasteiger partial charge in [-0.05, 0) is 22.6 Å². The van der Waals surface area contributed by atoms with Crippen molar-refractivity contribution in [2.24, 2.45) is 5.73 Å². The van der Waals surface area contributed by atoms with Crippen molar-refractivity contribution in [3.05, 3.63) is 83.2 Å². The standard InChI is InChI=1S/C21H18N2O3S/c22-20(25)18(24)17(13-14-7-3-1-4-8-14)23-21(26)16-11-12-27-19(16)15-9-5-2-6-10-15/h1-12,17H,13H2,(H2,22,25)(H,23,26). The third-order valence-corrected chi connectivity index (χ3v) is 5.06. The Morgan fingerprint density at radius 1 is 0.926 bits per heavy atom. The van der Waals surface area contributed by atoms with E-state index in [0.717, 1.165) is 16.0 Å². The summed E-state index contributed by atoms with van der Waals surface area (Å²) in [7, 11) is 0. The molecule has 0 saturated carbocycles. The smallest absolute Gasteiger partial charge is 0.287 e. The number of carbonyl (C=O) groups excluding carboxylic acids is 3. The van der Waals surface area contributed by atoms with Crippen LogP contribution in [-0.2, 0) is 16.0 Å². The lowest BCUT2D eigenvalue weighted by atomic mass is 10.0. The second-order valence-corrected chi connectivity index (χ2v) is 6.89. The van der Waals surface area contributed by atoms with E-state index in [9.17, 15) is 14.4 Å². The molecule has 1 unspecified atom stereocenters. The highest BCUT2D eigenvalue weighted by atomic mass is 32.1. The molecular weight excluding hydrogens is 360 g/mol. The van der Waals surface area contributed by atoms with E-state index in [0.29, 0.717) is 5.56 Å². The van der Waals surface area contributed by atoms with Gasteiger partial charge in [0.05, 0.1) is 5.56 Å². The number of thiophene rings is 1. The summed E-state index contributed by atoms with van der Waals surface area (Å²) < 4.78 is 0. The average molecular weight is 378 g/mol. The average Bonchev–Trinajstić information content (AvgIpc) is 3.18. The molecule has 3 aromatic rings. The number of benzene rings is 2. The maximum atomic E-state index is 12.8. The maximum absolute atomic E-state index is 12.8. The molecule has 5 nitrogen and oxygen atoms in total. The fourth-order valence-corrected chi connectivity index (χ4v) is 3.67. The van der Waals surface area contributed by atoms with Crippen LogP contribution in [0.5, 0.6) is 0 Å². The van der Waals surface area contributed by atoms with Gasteiger partial charge in [0, 0.05) is 11.3 Å². The Labute approximate surface area is 160 Å². The number of primary amides is 1. The summed E-state index contributed by atoms with van der Waals surface area (Å²) in [5, 5.41) is 4.50. The minimum absolute atomic E-state index is 0.194. The monoisotopic (exact) mass is 378 g/mol. The van der Waals surface area contributed by atoms with E-state index in [-0.39, 0.29) is 6.42 Å². The molecule has 0 saturated heterocycles. The van der Waals surface area contributed by atoms with Crippen LogP contribution >= 0.6 is 11.3 Å². The molecule has 3 N–H and O–H groups in total. The predicted molar refractivity (Wildman–Crippen MR) is 105 cm³/mol. The minimum atomic E-state index is -1.06. The molecule has 2 amide bonds. The lowest BCUT2D eigenvalue weighted by molar-refractivity contribution is -0.137.